The van der Waals surface area contributed by atoms with Crippen molar-refractivity contribution in [1.82, 2.24) is 0 Å². The van der Waals surface area contributed by atoms with Gasteiger partial charge in [-0.25, -0.2) is 4.39 Å². The van der Waals surface area contributed by atoms with Gasteiger partial charge in [0.25, 0.3) is 0 Å². The lowest BCUT2D eigenvalue weighted by Gasteiger charge is -2.33. The van der Waals surface area contributed by atoms with Crippen molar-refractivity contribution in [2.45, 2.75) is 13.8 Å². The first-order chi connectivity index (χ1) is 8.02. The molecule has 0 bridgehead atoms. The van der Waals surface area contributed by atoms with Crippen molar-refractivity contribution in [1.29, 1.82) is 0 Å². The SMILES string of the molecule is CC1(C)COB(c2ccc(C=O)c(F)c2)OC1. The van der Waals surface area contributed by atoms with Crippen LogP contribution in [0.25, 0.3) is 0 Å². The van der Waals surface area contributed by atoms with Gasteiger partial charge >= 0.3 is 7.12 Å². The lowest BCUT2D eigenvalue weighted by atomic mass is 9.75. The number of hydrogen-bond donors (Lipinski definition) is 0. The number of carbonyl (C=O) groups is 1. The molecule has 2 rings (SSSR count). The molecule has 1 heterocycles. The molecule has 0 amide bonds. The molecule has 0 spiro atoms. The largest absolute Gasteiger partial charge is 0.494 e. The highest BCUT2D eigenvalue weighted by molar-refractivity contribution is 6.61. The van der Waals surface area contributed by atoms with Gasteiger partial charge in [0, 0.05) is 24.2 Å². The number of benzene rings is 1. The van der Waals surface area contributed by atoms with E-state index in [-0.39, 0.29) is 11.0 Å². The molecule has 1 aromatic carbocycles. The van der Waals surface area contributed by atoms with Gasteiger partial charge in [-0.05, 0) is 17.6 Å². The second-order valence-electron chi connectivity index (χ2n) is 5.02. The molecule has 0 N–H and O–H groups in total. The topological polar surface area (TPSA) is 35.5 Å². The predicted molar refractivity (Wildman–Crippen MR) is 62.9 cm³/mol. The lowest BCUT2D eigenvalue weighted by Crippen LogP contribution is -2.47. The molecule has 1 aliphatic heterocycles. The summed E-state index contributed by atoms with van der Waals surface area (Å²) in [6, 6.07) is 4.37. The van der Waals surface area contributed by atoms with Crippen LogP contribution in [0.4, 0.5) is 4.39 Å². The fraction of sp³-hybridized carbons (Fsp3) is 0.417. The van der Waals surface area contributed by atoms with Gasteiger partial charge in [0.05, 0.1) is 0 Å². The Morgan fingerprint density at radius 1 is 1.35 bits per heavy atom. The maximum Gasteiger partial charge on any atom is 0.494 e. The third-order valence-corrected chi connectivity index (χ3v) is 2.67. The van der Waals surface area contributed by atoms with E-state index >= 15 is 0 Å². The fourth-order valence-electron chi connectivity index (χ4n) is 1.67. The summed E-state index contributed by atoms with van der Waals surface area (Å²) in [4.78, 5) is 10.5. The minimum Gasteiger partial charge on any atom is -0.407 e. The highest BCUT2D eigenvalue weighted by atomic mass is 19.1. The third kappa shape index (κ3) is 2.73. The molecule has 0 atom stereocenters. The number of hydrogen-bond acceptors (Lipinski definition) is 3. The van der Waals surface area contributed by atoms with Crippen LogP contribution in [-0.2, 0) is 9.31 Å². The summed E-state index contributed by atoms with van der Waals surface area (Å²) >= 11 is 0. The molecule has 1 saturated heterocycles. The van der Waals surface area contributed by atoms with Crippen LogP contribution in [0.5, 0.6) is 0 Å². The van der Waals surface area contributed by atoms with E-state index in [0.29, 0.717) is 25.0 Å². The van der Waals surface area contributed by atoms with Gasteiger partial charge in [0.1, 0.15) is 5.82 Å². The summed E-state index contributed by atoms with van der Waals surface area (Å²) in [5, 5.41) is 0. The molecule has 0 aliphatic carbocycles. The smallest absolute Gasteiger partial charge is 0.407 e. The van der Waals surface area contributed by atoms with Crippen LogP contribution in [0.1, 0.15) is 24.2 Å². The Labute approximate surface area is 100 Å². The van der Waals surface area contributed by atoms with Gasteiger partial charge < -0.3 is 9.31 Å². The number of rotatable bonds is 2. The van der Waals surface area contributed by atoms with Crippen LogP contribution in [0.15, 0.2) is 18.2 Å². The summed E-state index contributed by atoms with van der Waals surface area (Å²) in [7, 11) is -0.543. The molecule has 0 unspecified atom stereocenters. The van der Waals surface area contributed by atoms with Crippen LogP contribution < -0.4 is 5.46 Å². The summed E-state index contributed by atoms with van der Waals surface area (Å²) in [6.45, 7) is 5.21. The molecular formula is C12H14BFO3. The van der Waals surface area contributed by atoms with Crippen LogP contribution >= 0.6 is 0 Å². The van der Waals surface area contributed by atoms with E-state index < -0.39 is 12.9 Å². The predicted octanol–water partition coefficient (Wildman–Crippen LogP) is 1.41. The normalized spacial score (nSPS) is 19.1. The number of aldehydes is 1. The molecule has 17 heavy (non-hydrogen) atoms. The van der Waals surface area contributed by atoms with Crippen molar-refractivity contribution < 1.29 is 18.5 Å². The van der Waals surface area contributed by atoms with E-state index in [4.69, 9.17) is 9.31 Å². The van der Waals surface area contributed by atoms with E-state index in [0.717, 1.165) is 0 Å². The molecule has 1 fully saturated rings. The van der Waals surface area contributed by atoms with Gasteiger partial charge in [-0.15, -0.1) is 0 Å². The van der Waals surface area contributed by atoms with Crippen LogP contribution in [0, 0.1) is 11.2 Å². The molecule has 0 radical (unpaired) electrons. The Balaban J connectivity index is 2.14. The maximum atomic E-state index is 13.4. The zero-order valence-corrected chi connectivity index (χ0v) is 9.90. The Morgan fingerprint density at radius 3 is 2.53 bits per heavy atom. The van der Waals surface area contributed by atoms with Crippen molar-refractivity contribution >= 4 is 18.9 Å². The molecule has 3 nitrogen and oxygen atoms in total. The zero-order chi connectivity index (χ0) is 12.5. The van der Waals surface area contributed by atoms with E-state index in [9.17, 15) is 9.18 Å². The fourth-order valence-corrected chi connectivity index (χ4v) is 1.67. The Bertz CT molecular complexity index is 424. The van der Waals surface area contributed by atoms with Crippen molar-refractivity contribution in [2.24, 2.45) is 5.41 Å². The Morgan fingerprint density at radius 2 is 2.00 bits per heavy atom. The highest BCUT2D eigenvalue weighted by Crippen LogP contribution is 2.21. The number of carbonyl (C=O) groups excluding carboxylic acids is 1. The molecule has 90 valence electrons. The van der Waals surface area contributed by atoms with Gasteiger partial charge in [0.2, 0.25) is 0 Å². The Hall–Kier alpha value is -1.20. The first-order valence-electron chi connectivity index (χ1n) is 5.50. The third-order valence-electron chi connectivity index (χ3n) is 2.67. The van der Waals surface area contributed by atoms with Crippen molar-refractivity contribution in [3.63, 3.8) is 0 Å². The monoisotopic (exact) mass is 236 g/mol. The average molecular weight is 236 g/mol. The molecule has 1 aliphatic rings. The van der Waals surface area contributed by atoms with Gasteiger partial charge in [-0.2, -0.15) is 0 Å². The van der Waals surface area contributed by atoms with Crippen LogP contribution in [-0.4, -0.2) is 26.6 Å². The second kappa shape index (κ2) is 4.59. The van der Waals surface area contributed by atoms with E-state index in [1.807, 2.05) is 13.8 Å². The maximum absolute atomic E-state index is 13.4. The van der Waals surface area contributed by atoms with Gasteiger partial charge in [-0.1, -0.05) is 19.9 Å². The summed E-state index contributed by atoms with van der Waals surface area (Å²) in [5.41, 5.74) is 0.631. The first-order valence-corrected chi connectivity index (χ1v) is 5.50. The molecule has 5 heteroatoms. The summed E-state index contributed by atoms with van der Waals surface area (Å²) in [5.74, 6) is -0.547. The Kier molecular flexibility index (Phi) is 3.31. The standard InChI is InChI=1S/C12H14BFO3/c1-12(2)7-16-13(17-8-12)10-4-3-9(6-15)11(14)5-10/h3-6H,7-8H2,1-2H3. The van der Waals surface area contributed by atoms with Crippen LogP contribution in [0.2, 0.25) is 0 Å². The highest BCUT2D eigenvalue weighted by Gasteiger charge is 2.33. The van der Waals surface area contributed by atoms with Crippen molar-refractivity contribution in [2.75, 3.05) is 13.2 Å². The minimum absolute atomic E-state index is 0.0161. The molecule has 0 saturated carbocycles. The van der Waals surface area contributed by atoms with Crippen molar-refractivity contribution in [3.05, 3.63) is 29.6 Å². The minimum atomic E-state index is -0.547. The molecular weight excluding hydrogens is 222 g/mol. The number of halogens is 1. The summed E-state index contributed by atoms with van der Waals surface area (Å²) < 4.78 is 24.5. The molecule has 1 aromatic rings. The zero-order valence-electron chi connectivity index (χ0n) is 9.90. The van der Waals surface area contributed by atoms with Gasteiger partial charge in [-0.3, -0.25) is 4.79 Å². The summed E-state index contributed by atoms with van der Waals surface area (Å²) in [6.07, 6.45) is 0.491. The van der Waals surface area contributed by atoms with E-state index in [1.165, 1.54) is 12.1 Å². The lowest BCUT2D eigenvalue weighted by molar-refractivity contribution is 0.0343. The van der Waals surface area contributed by atoms with Crippen LogP contribution in [0.3, 0.4) is 0 Å². The van der Waals surface area contributed by atoms with E-state index in [2.05, 4.69) is 0 Å². The first kappa shape index (κ1) is 12.3. The van der Waals surface area contributed by atoms with Crippen molar-refractivity contribution in [3.8, 4) is 0 Å². The molecule has 0 aromatic heterocycles. The van der Waals surface area contributed by atoms with E-state index in [1.54, 1.807) is 6.07 Å². The van der Waals surface area contributed by atoms with Gasteiger partial charge in [0.15, 0.2) is 6.29 Å². The quantitative estimate of drug-likeness (QED) is 0.575. The average Bonchev–Trinajstić information content (AvgIpc) is 2.29. The second-order valence-corrected chi connectivity index (χ2v) is 5.02.